The maximum absolute atomic E-state index is 5.17. The lowest BCUT2D eigenvalue weighted by atomic mass is 9.83. The van der Waals surface area contributed by atoms with Crippen LogP contribution in [-0.2, 0) is 6.42 Å². The molecule has 3 rings (SSSR count). The van der Waals surface area contributed by atoms with E-state index in [1.54, 1.807) is 0 Å². The van der Waals surface area contributed by atoms with Crippen molar-refractivity contribution in [3.05, 3.63) is 72.6 Å². The number of likely N-dealkylation sites (N-methyl/N-ethyl adjacent to an activating group) is 1. The molecule has 1 aliphatic carbocycles. The van der Waals surface area contributed by atoms with E-state index in [1.807, 2.05) is 6.92 Å². The standard InChI is InChI=1S/C28H42N4.C2H4/c1-7-28(4,5)19-22-14-16-23(17-15-22)27-30-25(29-24-12-10-8-9-11-13-24)20-32(6)26(31-27)18-21(2)3;1-2/h14-18,24H,2,7-13,19-20H2,1,3-6H3,(H,29,30,31);1-2H2/b26-18-;. The Labute approximate surface area is 208 Å². The zero-order valence-electron chi connectivity index (χ0n) is 22.3. The largest absolute Gasteiger partial charge is 0.352 e. The fraction of sp³-hybridized carbons (Fsp3) is 0.533. The highest BCUT2D eigenvalue weighted by molar-refractivity contribution is 6.11. The quantitative estimate of drug-likeness (QED) is 0.356. The van der Waals surface area contributed by atoms with E-state index in [0.717, 1.165) is 41.6 Å². The minimum absolute atomic E-state index is 0.318. The summed E-state index contributed by atoms with van der Waals surface area (Å²) in [4.78, 5) is 12.3. The van der Waals surface area contributed by atoms with Gasteiger partial charge < -0.3 is 10.2 Å². The van der Waals surface area contributed by atoms with Crippen LogP contribution in [0, 0.1) is 5.41 Å². The Balaban J connectivity index is 0.00000199. The smallest absolute Gasteiger partial charge is 0.141 e. The van der Waals surface area contributed by atoms with Crippen LogP contribution >= 0.6 is 0 Å². The van der Waals surface area contributed by atoms with Gasteiger partial charge in [-0.1, -0.05) is 89.3 Å². The minimum Gasteiger partial charge on any atom is -0.352 e. The minimum atomic E-state index is 0.318. The first-order chi connectivity index (χ1) is 16.3. The molecule has 4 nitrogen and oxygen atoms in total. The molecule has 1 heterocycles. The highest BCUT2D eigenvalue weighted by Gasteiger charge is 2.20. The average molecular weight is 463 g/mol. The summed E-state index contributed by atoms with van der Waals surface area (Å²) < 4.78 is 0. The van der Waals surface area contributed by atoms with Crippen LogP contribution in [0.5, 0.6) is 0 Å². The third kappa shape index (κ3) is 8.62. The summed E-state index contributed by atoms with van der Waals surface area (Å²) in [5.41, 5.74) is 3.78. The van der Waals surface area contributed by atoms with Crippen LogP contribution in [-0.4, -0.2) is 36.2 Å². The van der Waals surface area contributed by atoms with Gasteiger partial charge in [0.05, 0.1) is 12.6 Å². The summed E-state index contributed by atoms with van der Waals surface area (Å²) in [5.74, 6) is 2.80. The second-order valence-corrected chi connectivity index (χ2v) is 10.4. The summed E-state index contributed by atoms with van der Waals surface area (Å²) in [6.07, 6.45) is 11.9. The van der Waals surface area contributed by atoms with Gasteiger partial charge in [-0.05, 0) is 43.2 Å². The van der Waals surface area contributed by atoms with Gasteiger partial charge in [0.25, 0.3) is 0 Å². The molecular weight excluding hydrogens is 416 g/mol. The number of hydrogen-bond donors (Lipinski definition) is 1. The number of aliphatic imine (C=N–C) groups is 2. The summed E-state index contributed by atoms with van der Waals surface area (Å²) >= 11 is 0. The van der Waals surface area contributed by atoms with Crippen molar-refractivity contribution in [2.45, 2.75) is 85.1 Å². The third-order valence-corrected chi connectivity index (χ3v) is 6.67. The molecule has 0 spiro atoms. The number of rotatable bonds is 6. The van der Waals surface area contributed by atoms with Gasteiger partial charge in [-0.3, -0.25) is 4.99 Å². The molecule has 0 saturated heterocycles. The molecule has 1 aromatic rings. The van der Waals surface area contributed by atoms with Gasteiger partial charge in [-0.2, -0.15) is 0 Å². The maximum Gasteiger partial charge on any atom is 0.141 e. The molecular formula is C30H46N4. The van der Waals surface area contributed by atoms with Gasteiger partial charge in [-0.25, -0.2) is 4.99 Å². The Morgan fingerprint density at radius 2 is 1.76 bits per heavy atom. The van der Waals surface area contributed by atoms with Crippen LogP contribution in [0.3, 0.4) is 0 Å². The average Bonchev–Trinajstić information content (AvgIpc) is 3.15. The van der Waals surface area contributed by atoms with E-state index in [-0.39, 0.29) is 0 Å². The molecule has 0 amide bonds. The van der Waals surface area contributed by atoms with Crippen molar-refractivity contribution in [2.24, 2.45) is 15.4 Å². The molecule has 0 atom stereocenters. The molecule has 2 aliphatic rings. The Kier molecular flexibility index (Phi) is 10.8. The second kappa shape index (κ2) is 13.3. The van der Waals surface area contributed by atoms with E-state index in [0.29, 0.717) is 11.5 Å². The number of benzene rings is 1. The molecule has 0 unspecified atom stereocenters. The van der Waals surface area contributed by atoms with Crippen molar-refractivity contribution in [2.75, 3.05) is 13.6 Å². The molecule has 0 radical (unpaired) electrons. The SMILES string of the molecule is C=C.C=C(C)/C=C1/N=C(c2ccc(CC(C)(C)CC)cc2)NC(=NC2CCCCCC2)CN1C. The zero-order valence-corrected chi connectivity index (χ0v) is 22.3. The number of nitrogens with one attached hydrogen (secondary N) is 1. The molecule has 186 valence electrons. The first-order valence-electron chi connectivity index (χ1n) is 12.9. The first kappa shape index (κ1) is 27.6. The third-order valence-electron chi connectivity index (χ3n) is 6.67. The van der Waals surface area contributed by atoms with Crippen molar-refractivity contribution in [1.29, 1.82) is 0 Å². The Hall–Kier alpha value is -2.62. The van der Waals surface area contributed by atoms with Crippen LogP contribution < -0.4 is 5.32 Å². The molecule has 1 aliphatic heterocycles. The first-order valence-corrected chi connectivity index (χ1v) is 12.9. The lowest BCUT2D eigenvalue weighted by molar-refractivity contribution is 0.349. The molecule has 0 aromatic heterocycles. The summed E-state index contributed by atoms with van der Waals surface area (Å²) in [6, 6.07) is 9.30. The van der Waals surface area contributed by atoms with Crippen LogP contribution in [0.2, 0.25) is 0 Å². The predicted octanol–water partition coefficient (Wildman–Crippen LogP) is 7.29. The lowest BCUT2D eigenvalue weighted by Gasteiger charge is -2.22. The van der Waals surface area contributed by atoms with Crippen molar-refractivity contribution < 1.29 is 0 Å². The van der Waals surface area contributed by atoms with Crippen LogP contribution in [0.4, 0.5) is 0 Å². The van der Waals surface area contributed by atoms with Crippen LogP contribution in [0.25, 0.3) is 0 Å². The monoisotopic (exact) mass is 462 g/mol. The molecule has 1 fully saturated rings. The normalized spacial score (nSPS) is 20.0. The number of allylic oxidation sites excluding steroid dienone is 2. The molecule has 1 saturated carbocycles. The van der Waals surface area contributed by atoms with Crippen LogP contribution in [0.1, 0.15) is 83.8 Å². The van der Waals surface area contributed by atoms with Crippen molar-refractivity contribution in [3.63, 3.8) is 0 Å². The van der Waals surface area contributed by atoms with Crippen LogP contribution in [0.15, 0.2) is 71.5 Å². The summed E-state index contributed by atoms with van der Waals surface area (Å²) in [5, 5.41) is 3.60. The predicted molar refractivity (Wildman–Crippen MR) is 150 cm³/mol. The summed E-state index contributed by atoms with van der Waals surface area (Å²) in [7, 11) is 2.08. The fourth-order valence-corrected chi connectivity index (χ4v) is 4.35. The van der Waals surface area contributed by atoms with Gasteiger partial charge in [0.15, 0.2) is 0 Å². The fourth-order valence-electron chi connectivity index (χ4n) is 4.35. The van der Waals surface area contributed by atoms with Gasteiger partial charge in [0.2, 0.25) is 0 Å². The molecule has 1 N–H and O–H groups in total. The highest BCUT2D eigenvalue weighted by atomic mass is 15.3. The van der Waals surface area contributed by atoms with Crippen molar-refractivity contribution in [1.82, 2.24) is 10.2 Å². The van der Waals surface area contributed by atoms with E-state index < -0.39 is 0 Å². The Morgan fingerprint density at radius 1 is 1.15 bits per heavy atom. The molecule has 34 heavy (non-hydrogen) atoms. The van der Waals surface area contributed by atoms with E-state index in [1.165, 1.54) is 50.5 Å². The second-order valence-electron chi connectivity index (χ2n) is 10.4. The lowest BCUT2D eigenvalue weighted by Crippen LogP contribution is -2.36. The van der Waals surface area contributed by atoms with Gasteiger partial charge >= 0.3 is 0 Å². The number of nitrogens with zero attached hydrogens (tertiary/aromatic N) is 3. The summed E-state index contributed by atoms with van der Waals surface area (Å²) in [6.45, 7) is 19.7. The molecule has 0 bridgehead atoms. The van der Waals surface area contributed by atoms with Gasteiger partial charge in [-0.15, -0.1) is 13.2 Å². The van der Waals surface area contributed by atoms with E-state index >= 15 is 0 Å². The van der Waals surface area contributed by atoms with Gasteiger partial charge in [0.1, 0.15) is 17.5 Å². The van der Waals surface area contributed by atoms with E-state index in [2.05, 4.69) is 88.1 Å². The highest BCUT2D eigenvalue weighted by Crippen LogP contribution is 2.26. The Bertz CT molecular complexity index is 881. The maximum atomic E-state index is 5.17. The van der Waals surface area contributed by atoms with Crippen molar-refractivity contribution in [3.8, 4) is 0 Å². The van der Waals surface area contributed by atoms with E-state index in [9.17, 15) is 0 Å². The van der Waals surface area contributed by atoms with E-state index in [4.69, 9.17) is 9.98 Å². The topological polar surface area (TPSA) is 40.0 Å². The number of hydrogen-bond acceptors (Lipinski definition) is 3. The van der Waals surface area contributed by atoms with Crippen molar-refractivity contribution >= 4 is 11.7 Å². The molecule has 4 heteroatoms. The Morgan fingerprint density at radius 3 is 2.32 bits per heavy atom. The van der Waals surface area contributed by atoms with Gasteiger partial charge in [0, 0.05) is 12.6 Å². The number of amidine groups is 2. The zero-order chi connectivity index (χ0) is 25.1. The molecule has 1 aromatic carbocycles.